The van der Waals surface area contributed by atoms with Gasteiger partial charge in [-0.3, -0.25) is 9.80 Å². The highest BCUT2D eigenvalue weighted by Gasteiger charge is 2.28. The van der Waals surface area contributed by atoms with Crippen molar-refractivity contribution in [2.24, 2.45) is 0 Å². The van der Waals surface area contributed by atoms with Crippen LogP contribution in [0.4, 0.5) is 0 Å². The van der Waals surface area contributed by atoms with Crippen molar-refractivity contribution in [3.63, 3.8) is 0 Å². The lowest BCUT2D eigenvalue weighted by molar-refractivity contribution is -0.0181. The van der Waals surface area contributed by atoms with Gasteiger partial charge in [0.05, 0.1) is 5.60 Å². The summed E-state index contributed by atoms with van der Waals surface area (Å²) in [7, 11) is 0. The first-order chi connectivity index (χ1) is 12.5. The molecule has 2 aliphatic heterocycles. The van der Waals surface area contributed by atoms with E-state index in [1.165, 1.54) is 18.7 Å². The van der Waals surface area contributed by atoms with Crippen LogP contribution >= 0.6 is 0 Å². The number of aliphatic hydroxyl groups is 1. The van der Waals surface area contributed by atoms with E-state index in [9.17, 15) is 5.11 Å². The molecule has 2 aliphatic rings. The Morgan fingerprint density at radius 1 is 1.00 bits per heavy atom. The third kappa shape index (κ3) is 5.95. The quantitative estimate of drug-likeness (QED) is 0.805. The van der Waals surface area contributed by atoms with Crippen molar-refractivity contribution < 1.29 is 9.84 Å². The maximum Gasteiger partial charge on any atom is 0.119 e. The van der Waals surface area contributed by atoms with Crippen LogP contribution in [-0.2, 0) is 6.54 Å². The van der Waals surface area contributed by atoms with E-state index >= 15 is 0 Å². The fraction of sp³-hybridized carbons (Fsp3) is 0.714. The molecule has 0 amide bonds. The van der Waals surface area contributed by atoms with Gasteiger partial charge in [0.15, 0.2) is 0 Å². The Morgan fingerprint density at radius 2 is 1.69 bits per heavy atom. The van der Waals surface area contributed by atoms with Crippen molar-refractivity contribution in [3.8, 4) is 5.75 Å². The summed E-state index contributed by atoms with van der Waals surface area (Å²) in [4.78, 5) is 7.33. The molecule has 5 nitrogen and oxygen atoms in total. The van der Waals surface area contributed by atoms with E-state index in [-0.39, 0.29) is 0 Å². The minimum Gasteiger partial charge on any atom is -0.492 e. The van der Waals surface area contributed by atoms with Gasteiger partial charge in [-0.25, -0.2) is 0 Å². The van der Waals surface area contributed by atoms with Gasteiger partial charge in [-0.05, 0) is 50.6 Å². The van der Waals surface area contributed by atoms with E-state index in [0.717, 1.165) is 71.0 Å². The molecule has 5 heteroatoms. The molecule has 0 bridgehead atoms. The average Bonchev–Trinajstić information content (AvgIpc) is 2.63. The lowest BCUT2D eigenvalue weighted by Crippen LogP contribution is -2.47. The summed E-state index contributed by atoms with van der Waals surface area (Å²) in [6.45, 7) is 14.5. The molecule has 0 aliphatic carbocycles. The molecule has 0 aromatic heterocycles. The van der Waals surface area contributed by atoms with E-state index in [1.807, 2.05) is 6.92 Å². The smallest absolute Gasteiger partial charge is 0.119 e. The Kier molecular flexibility index (Phi) is 6.92. The van der Waals surface area contributed by atoms with E-state index in [0.29, 0.717) is 0 Å². The predicted octanol–water partition coefficient (Wildman–Crippen LogP) is 2.05. The van der Waals surface area contributed by atoms with Gasteiger partial charge >= 0.3 is 0 Å². The van der Waals surface area contributed by atoms with Crippen LogP contribution in [0.5, 0.6) is 5.75 Å². The average molecular weight is 362 g/mol. The molecular formula is C21H35N3O2. The van der Waals surface area contributed by atoms with Gasteiger partial charge in [-0.2, -0.15) is 0 Å². The van der Waals surface area contributed by atoms with Crippen LogP contribution in [0.1, 0.15) is 32.3 Å². The summed E-state index contributed by atoms with van der Waals surface area (Å²) in [5, 5.41) is 10.2. The third-order valence-corrected chi connectivity index (χ3v) is 5.67. The number of ether oxygens (including phenoxy) is 1. The number of benzene rings is 1. The second-order valence-electron chi connectivity index (χ2n) is 8.08. The largest absolute Gasteiger partial charge is 0.492 e. The second kappa shape index (κ2) is 9.18. The van der Waals surface area contributed by atoms with Crippen molar-refractivity contribution >= 4 is 0 Å². The molecule has 1 N–H and O–H groups in total. The van der Waals surface area contributed by atoms with Gasteiger partial charge in [0, 0.05) is 45.8 Å². The van der Waals surface area contributed by atoms with Gasteiger partial charge in [-0.1, -0.05) is 19.1 Å². The first-order valence-electron chi connectivity index (χ1n) is 10.2. The van der Waals surface area contributed by atoms with Crippen LogP contribution in [0.2, 0.25) is 0 Å². The van der Waals surface area contributed by atoms with Crippen molar-refractivity contribution in [1.82, 2.24) is 14.7 Å². The highest BCUT2D eigenvalue weighted by Crippen LogP contribution is 2.22. The van der Waals surface area contributed by atoms with Gasteiger partial charge in [0.1, 0.15) is 12.4 Å². The minimum atomic E-state index is -0.538. The molecule has 0 unspecified atom stereocenters. The Labute approximate surface area is 158 Å². The summed E-state index contributed by atoms with van der Waals surface area (Å²) in [5.41, 5.74) is 0.745. The van der Waals surface area contributed by atoms with Gasteiger partial charge in [0.2, 0.25) is 0 Å². The van der Waals surface area contributed by atoms with E-state index < -0.39 is 5.60 Å². The number of nitrogens with zero attached hydrogens (tertiary/aromatic N) is 3. The number of piperazine rings is 1. The van der Waals surface area contributed by atoms with Gasteiger partial charge < -0.3 is 14.7 Å². The number of piperidine rings is 1. The van der Waals surface area contributed by atoms with Crippen molar-refractivity contribution in [2.45, 2.75) is 38.8 Å². The zero-order valence-electron chi connectivity index (χ0n) is 16.5. The fourth-order valence-corrected chi connectivity index (χ4v) is 4.03. The number of likely N-dealkylation sites (tertiary alicyclic amines) is 1. The van der Waals surface area contributed by atoms with Crippen LogP contribution in [0.15, 0.2) is 24.3 Å². The first-order valence-corrected chi connectivity index (χ1v) is 10.2. The molecule has 2 fully saturated rings. The predicted molar refractivity (Wildman–Crippen MR) is 106 cm³/mol. The Morgan fingerprint density at radius 3 is 2.35 bits per heavy atom. The highest BCUT2D eigenvalue weighted by molar-refractivity contribution is 5.27. The van der Waals surface area contributed by atoms with Crippen LogP contribution in [0.3, 0.4) is 0 Å². The monoisotopic (exact) mass is 361 g/mol. The zero-order valence-corrected chi connectivity index (χ0v) is 16.5. The molecule has 1 atom stereocenters. The Bertz CT molecular complexity index is 539. The first kappa shape index (κ1) is 19.6. The molecule has 3 rings (SSSR count). The molecule has 0 saturated carbocycles. The van der Waals surface area contributed by atoms with Crippen molar-refractivity contribution in [3.05, 3.63) is 29.8 Å². The zero-order chi connectivity index (χ0) is 18.4. The van der Waals surface area contributed by atoms with Gasteiger partial charge in [-0.15, -0.1) is 0 Å². The molecule has 26 heavy (non-hydrogen) atoms. The molecule has 1 aromatic carbocycles. The fourth-order valence-electron chi connectivity index (χ4n) is 4.03. The normalized spacial score (nSPS) is 26.1. The van der Waals surface area contributed by atoms with E-state index in [2.05, 4.69) is 45.9 Å². The number of rotatable bonds is 7. The van der Waals surface area contributed by atoms with E-state index in [4.69, 9.17) is 4.74 Å². The Balaban J connectivity index is 1.38. The molecule has 2 saturated heterocycles. The van der Waals surface area contributed by atoms with Crippen LogP contribution in [0.25, 0.3) is 0 Å². The van der Waals surface area contributed by atoms with Gasteiger partial charge in [0.25, 0.3) is 0 Å². The maximum atomic E-state index is 10.2. The summed E-state index contributed by atoms with van der Waals surface area (Å²) in [6, 6.07) is 8.45. The molecule has 0 radical (unpaired) electrons. The summed E-state index contributed by atoms with van der Waals surface area (Å²) in [5.74, 6) is 0.951. The van der Waals surface area contributed by atoms with E-state index in [1.54, 1.807) is 0 Å². The summed E-state index contributed by atoms with van der Waals surface area (Å²) in [6.07, 6.45) is 1.98. The Hall–Kier alpha value is -1.14. The molecular weight excluding hydrogens is 326 g/mol. The van der Waals surface area contributed by atoms with Crippen LogP contribution in [-0.4, -0.2) is 84.4 Å². The van der Waals surface area contributed by atoms with Crippen LogP contribution < -0.4 is 4.74 Å². The summed E-state index contributed by atoms with van der Waals surface area (Å²) >= 11 is 0. The standard InChI is InChI=1S/C21H35N3O2/c1-3-22-11-13-23(14-12-22)15-16-26-20-7-5-19(6-8-20)17-24-10-4-9-21(2,25)18-24/h5-8,25H,3-4,9-18H2,1-2H3/t21-/m0/s1. The SMILES string of the molecule is CCN1CCN(CCOc2ccc(CN3CCC[C@](C)(O)C3)cc2)CC1. The molecule has 1 aromatic rings. The maximum absolute atomic E-state index is 10.2. The number of hydrogen-bond acceptors (Lipinski definition) is 5. The van der Waals surface area contributed by atoms with Crippen LogP contribution in [0, 0.1) is 0 Å². The summed E-state index contributed by atoms with van der Waals surface area (Å²) < 4.78 is 5.93. The lowest BCUT2D eigenvalue weighted by Gasteiger charge is -2.36. The minimum absolute atomic E-state index is 0.538. The molecule has 2 heterocycles. The topological polar surface area (TPSA) is 39.2 Å². The molecule has 0 spiro atoms. The number of β-amino-alcohol motifs (C(OH)–C–C–N with tert-alkyl or cyclic N) is 1. The van der Waals surface area contributed by atoms with Crippen molar-refractivity contribution in [2.75, 3.05) is 59.0 Å². The highest BCUT2D eigenvalue weighted by atomic mass is 16.5. The lowest BCUT2D eigenvalue weighted by atomic mass is 9.95. The number of likely N-dealkylation sites (N-methyl/N-ethyl adjacent to an activating group) is 1. The van der Waals surface area contributed by atoms with Crippen molar-refractivity contribution in [1.29, 1.82) is 0 Å². The third-order valence-electron chi connectivity index (χ3n) is 5.67. The second-order valence-corrected chi connectivity index (χ2v) is 8.08. The molecule has 146 valence electrons. The number of hydrogen-bond donors (Lipinski definition) is 1.